The van der Waals surface area contributed by atoms with Crippen molar-refractivity contribution in [1.82, 2.24) is 0 Å². The van der Waals surface area contributed by atoms with Crippen molar-refractivity contribution in [3.8, 4) is 33.4 Å². The highest BCUT2D eigenvalue weighted by Gasteiger charge is 2.45. The third-order valence-corrected chi connectivity index (χ3v) is 13.8. The largest absolute Gasteiger partial charge is 0.456 e. The fraction of sp³-hybridized carbons (Fsp3) is 0.0159. The number of fused-ring (bicyclic) bond motifs is 9. The zero-order valence-electron chi connectivity index (χ0n) is 35.5. The van der Waals surface area contributed by atoms with Gasteiger partial charge in [0.2, 0.25) is 0 Å². The molecule has 1 aromatic heterocycles. The minimum atomic E-state index is -0.467. The molecule has 0 saturated heterocycles. The Hall–Kier alpha value is -8.46. The molecule has 11 aromatic carbocycles. The van der Waals surface area contributed by atoms with E-state index in [1.54, 1.807) is 0 Å². The molecule has 2 nitrogen and oxygen atoms in total. The van der Waals surface area contributed by atoms with Crippen LogP contribution in [0.3, 0.4) is 0 Å². The summed E-state index contributed by atoms with van der Waals surface area (Å²) in [4.78, 5) is 2.38. The first-order valence-corrected chi connectivity index (χ1v) is 22.4. The van der Waals surface area contributed by atoms with Crippen LogP contribution in [0.1, 0.15) is 22.3 Å². The third-order valence-electron chi connectivity index (χ3n) is 13.8. The average Bonchev–Trinajstić information content (AvgIpc) is 3.91. The van der Waals surface area contributed by atoms with Gasteiger partial charge in [0.15, 0.2) is 0 Å². The van der Waals surface area contributed by atoms with Gasteiger partial charge in [-0.25, -0.2) is 0 Å². The molecule has 1 aliphatic carbocycles. The molecule has 0 amide bonds. The van der Waals surface area contributed by atoms with Crippen LogP contribution in [0.4, 0.5) is 17.1 Å². The number of para-hydroxylation sites is 1. The van der Waals surface area contributed by atoms with Crippen molar-refractivity contribution in [2.45, 2.75) is 5.41 Å². The number of rotatable bonds is 7. The zero-order chi connectivity index (χ0) is 42.9. The molecule has 304 valence electrons. The van der Waals surface area contributed by atoms with Crippen molar-refractivity contribution in [2.24, 2.45) is 0 Å². The van der Waals surface area contributed by atoms with Gasteiger partial charge in [0, 0.05) is 27.8 Å². The van der Waals surface area contributed by atoms with Crippen LogP contribution in [0.15, 0.2) is 253 Å². The summed E-state index contributed by atoms with van der Waals surface area (Å²) in [5.74, 6) is 0. The van der Waals surface area contributed by atoms with Crippen molar-refractivity contribution in [2.75, 3.05) is 4.90 Å². The van der Waals surface area contributed by atoms with E-state index in [1.807, 2.05) is 12.1 Å². The second kappa shape index (κ2) is 14.8. The average molecular weight is 828 g/mol. The molecule has 0 bridgehead atoms. The molecular formula is C63H41NO. The maximum absolute atomic E-state index is 6.17. The van der Waals surface area contributed by atoms with Crippen LogP contribution in [0.5, 0.6) is 0 Å². The molecule has 0 atom stereocenters. The van der Waals surface area contributed by atoms with E-state index < -0.39 is 5.41 Å². The summed E-state index contributed by atoms with van der Waals surface area (Å²) in [6.45, 7) is 0. The lowest BCUT2D eigenvalue weighted by Gasteiger charge is -2.34. The Morgan fingerprint density at radius 2 is 0.785 bits per heavy atom. The summed E-state index contributed by atoms with van der Waals surface area (Å²) < 4.78 is 6.17. The van der Waals surface area contributed by atoms with Crippen LogP contribution in [-0.2, 0) is 5.41 Å². The fourth-order valence-electron chi connectivity index (χ4n) is 10.8. The summed E-state index contributed by atoms with van der Waals surface area (Å²) in [7, 11) is 0. The van der Waals surface area contributed by atoms with Crippen molar-refractivity contribution in [3.63, 3.8) is 0 Å². The Bertz CT molecular complexity index is 3710. The van der Waals surface area contributed by atoms with E-state index in [4.69, 9.17) is 4.42 Å². The molecule has 1 aliphatic rings. The van der Waals surface area contributed by atoms with Gasteiger partial charge in [-0.15, -0.1) is 0 Å². The number of nitrogens with zero attached hydrogens (tertiary/aromatic N) is 1. The first-order valence-electron chi connectivity index (χ1n) is 22.4. The predicted molar refractivity (Wildman–Crippen MR) is 272 cm³/mol. The quantitative estimate of drug-likeness (QED) is 0.149. The molecule has 0 radical (unpaired) electrons. The first kappa shape index (κ1) is 37.1. The number of benzene rings is 11. The van der Waals surface area contributed by atoms with Crippen LogP contribution in [-0.4, -0.2) is 0 Å². The second-order valence-corrected chi connectivity index (χ2v) is 17.2. The third kappa shape index (κ3) is 5.81. The van der Waals surface area contributed by atoms with Crippen molar-refractivity contribution in [3.05, 3.63) is 271 Å². The van der Waals surface area contributed by atoms with Crippen LogP contribution in [0.2, 0.25) is 0 Å². The van der Waals surface area contributed by atoms with E-state index in [9.17, 15) is 0 Å². The lowest BCUT2D eigenvalue weighted by atomic mass is 9.68. The summed E-state index contributed by atoms with van der Waals surface area (Å²) >= 11 is 0. The normalized spacial score (nSPS) is 12.7. The highest BCUT2D eigenvalue weighted by atomic mass is 16.3. The first-order chi connectivity index (χ1) is 32.2. The molecule has 0 saturated carbocycles. The monoisotopic (exact) mass is 827 g/mol. The maximum atomic E-state index is 6.17. The van der Waals surface area contributed by atoms with E-state index >= 15 is 0 Å². The minimum Gasteiger partial charge on any atom is -0.456 e. The van der Waals surface area contributed by atoms with Gasteiger partial charge in [-0.3, -0.25) is 0 Å². The van der Waals surface area contributed by atoms with Gasteiger partial charge in [-0.1, -0.05) is 188 Å². The molecule has 0 fully saturated rings. The number of anilines is 3. The molecule has 0 spiro atoms. The molecule has 65 heavy (non-hydrogen) atoms. The van der Waals surface area contributed by atoms with Crippen molar-refractivity contribution < 1.29 is 4.42 Å². The number of furan rings is 1. The lowest BCUT2D eigenvalue weighted by molar-refractivity contribution is 0.669. The Morgan fingerprint density at radius 1 is 0.292 bits per heavy atom. The fourth-order valence-corrected chi connectivity index (χ4v) is 10.8. The molecule has 0 N–H and O–H groups in total. The van der Waals surface area contributed by atoms with Gasteiger partial charge in [0.1, 0.15) is 11.2 Å². The number of hydrogen-bond donors (Lipinski definition) is 0. The molecule has 12 aromatic rings. The second-order valence-electron chi connectivity index (χ2n) is 17.2. The highest BCUT2D eigenvalue weighted by Crippen LogP contribution is 2.56. The van der Waals surface area contributed by atoms with Crippen molar-refractivity contribution in [1.29, 1.82) is 0 Å². The van der Waals surface area contributed by atoms with Gasteiger partial charge in [-0.05, 0) is 138 Å². The summed E-state index contributed by atoms with van der Waals surface area (Å²) in [5, 5.41) is 7.31. The summed E-state index contributed by atoms with van der Waals surface area (Å²) in [6, 6.07) is 90.9. The Balaban J connectivity index is 0.946. The summed E-state index contributed by atoms with van der Waals surface area (Å²) in [6.07, 6.45) is 0. The van der Waals surface area contributed by atoms with E-state index in [2.05, 4.69) is 241 Å². The molecule has 1 heterocycles. The van der Waals surface area contributed by atoms with Gasteiger partial charge in [0.05, 0.1) is 5.41 Å². The van der Waals surface area contributed by atoms with Crippen LogP contribution < -0.4 is 4.90 Å². The van der Waals surface area contributed by atoms with Crippen LogP contribution in [0, 0.1) is 0 Å². The Kier molecular flexibility index (Phi) is 8.47. The van der Waals surface area contributed by atoms with Crippen LogP contribution in [0.25, 0.3) is 76.9 Å². The van der Waals surface area contributed by atoms with E-state index in [0.29, 0.717) is 0 Å². The van der Waals surface area contributed by atoms with Gasteiger partial charge < -0.3 is 9.32 Å². The zero-order valence-corrected chi connectivity index (χ0v) is 35.5. The van der Waals surface area contributed by atoms with E-state index in [-0.39, 0.29) is 0 Å². The Labute approximate surface area is 377 Å². The molecule has 13 rings (SSSR count). The molecular weight excluding hydrogens is 787 g/mol. The van der Waals surface area contributed by atoms with E-state index in [0.717, 1.165) is 50.1 Å². The SMILES string of the molecule is c1ccc(C2(c3ccc(N(c4ccc(-c5ccc6oc7ccccc7c6c5)cc4)c4ccc(-c5cc6ccccc6c6ccccc56)cc4)cc3)c3ccccc3-c3ccccc32)cc1. The van der Waals surface area contributed by atoms with Gasteiger partial charge in [0.25, 0.3) is 0 Å². The topological polar surface area (TPSA) is 16.4 Å². The van der Waals surface area contributed by atoms with Gasteiger partial charge in [-0.2, -0.15) is 0 Å². The predicted octanol–water partition coefficient (Wildman–Crippen LogP) is 17.1. The molecule has 0 aliphatic heterocycles. The molecule has 2 heteroatoms. The van der Waals surface area contributed by atoms with E-state index in [1.165, 1.54) is 66.1 Å². The number of hydrogen-bond acceptors (Lipinski definition) is 2. The maximum Gasteiger partial charge on any atom is 0.135 e. The standard InChI is InChI=1S/C63H41NO/c1-2-15-46(16-3-1)63(59-23-11-8-20-54(59)55-21-9-12-24-60(55)63)47-31-37-50(38-32-47)64(48-33-26-42(27-34-48)44-30-39-62-58(40-44)56-22-10-13-25-61(56)65-62)49-35-28-43(29-36-49)57-41-45-14-4-5-17-51(45)52-18-6-7-19-53(52)57/h1-41H. The Morgan fingerprint density at radius 3 is 1.48 bits per heavy atom. The lowest BCUT2D eigenvalue weighted by Crippen LogP contribution is -2.28. The van der Waals surface area contributed by atoms with Crippen molar-refractivity contribution >= 4 is 60.5 Å². The van der Waals surface area contributed by atoms with Gasteiger partial charge >= 0.3 is 0 Å². The van der Waals surface area contributed by atoms with Crippen LogP contribution >= 0.6 is 0 Å². The highest BCUT2D eigenvalue weighted by molar-refractivity contribution is 6.14. The smallest absolute Gasteiger partial charge is 0.135 e. The molecule has 0 unspecified atom stereocenters. The minimum absolute atomic E-state index is 0.467. The summed E-state index contributed by atoms with van der Waals surface area (Å²) in [5.41, 5.74) is 17.0.